The minimum Gasteiger partial charge on any atom is -0.325 e. The Morgan fingerprint density at radius 2 is 1.58 bits per heavy atom. The van der Waals surface area contributed by atoms with Crippen LogP contribution in [0.5, 0.6) is 0 Å². The predicted molar refractivity (Wildman–Crippen MR) is 83.0 cm³/mol. The van der Waals surface area contributed by atoms with Crippen LogP contribution in [-0.4, -0.2) is 5.91 Å². The van der Waals surface area contributed by atoms with Gasteiger partial charge in [0.2, 0.25) is 5.91 Å². The molecule has 3 heteroatoms. The summed E-state index contributed by atoms with van der Waals surface area (Å²) < 4.78 is 1.02. The molecular weight excluding hydrogens is 302 g/mol. The van der Waals surface area contributed by atoms with Gasteiger partial charge in [-0.25, -0.2) is 0 Å². The van der Waals surface area contributed by atoms with Gasteiger partial charge in [0.1, 0.15) is 0 Å². The zero-order valence-corrected chi connectivity index (χ0v) is 12.6. The van der Waals surface area contributed by atoms with Gasteiger partial charge >= 0.3 is 0 Å². The molecule has 0 fully saturated rings. The number of amides is 1. The number of para-hydroxylation sites is 1. The molecule has 0 unspecified atom stereocenters. The Hall–Kier alpha value is -1.61. The van der Waals surface area contributed by atoms with E-state index in [1.54, 1.807) is 0 Å². The van der Waals surface area contributed by atoms with Crippen LogP contribution in [0.1, 0.15) is 13.8 Å². The van der Waals surface area contributed by atoms with Crippen LogP contribution in [0, 0.1) is 5.92 Å². The van der Waals surface area contributed by atoms with E-state index in [1.165, 1.54) is 0 Å². The fourth-order valence-electron chi connectivity index (χ4n) is 1.78. The van der Waals surface area contributed by atoms with Gasteiger partial charge in [-0.15, -0.1) is 0 Å². The van der Waals surface area contributed by atoms with Gasteiger partial charge < -0.3 is 5.32 Å². The summed E-state index contributed by atoms with van der Waals surface area (Å²) in [6.45, 7) is 3.77. The zero-order chi connectivity index (χ0) is 13.8. The van der Waals surface area contributed by atoms with Crippen LogP contribution in [-0.2, 0) is 4.79 Å². The SMILES string of the molecule is CC(C)C(=O)Nc1ccccc1-c1ccccc1Br. The first-order chi connectivity index (χ1) is 9.09. The molecule has 0 aromatic heterocycles. The maximum Gasteiger partial charge on any atom is 0.226 e. The smallest absolute Gasteiger partial charge is 0.226 e. The topological polar surface area (TPSA) is 29.1 Å². The maximum atomic E-state index is 11.9. The Morgan fingerprint density at radius 3 is 2.21 bits per heavy atom. The highest BCUT2D eigenvalue weighted by Crippen LogP contribution is 2.33. The third kappa shape index (κ3) is 3.24. The second-order valence-electron chi connectivity index (χ2n) is 4.67. The fraction of sp³-hybridized carbons (Fsp3) is 0.188. The molecule has 2 aromatic carbocycles. The number of halogens is 1. The van der Waals surface area contributed by atoms with Crippen molar-refractivity contribution in [2.75, 3.05) is 5.32 Å². The van der Waals surface area contributed by atoms with Crippen LogP contribution in [0.4, 0.5) is 5.69 Å². The molecule has 1 amide bonds. The predicted octanol–water partition coefficient (Wildman–Crippen LogP) is 4.71. The van der Waals surface area contributed by atoms with Gasteiger partial charge in [0.25, 0.3) is 0 Å². The molecule has 0 atom stereocenters. The van der Waals surface area contributed by atoms with E-state index in [2.05, 4.69) is 21.2 Å². The van der Waals surface area contributed by atoms with E-state index >= 15 is 0 Å². The highest BCUT2D eigenvalue weighted by molar-refractivity contribution is 9.10. The summed E-state index contributed by atoms with van der Waals surface area (Å²) in [6, 6.07) is 15.8. The van der Waals surface area contributed by atoms with E-state index in [-0.39, 0.29) is 11.8 Å². The number of rotatable bonds is 3. The number of hydrogen-bond acceptors (Lipinski definition) is 1. The number of hydrogen-bond donors (Lipinski definition) is 1. The lowest BCUT2D eigenvalue weighted by Crippen LogP contribution is -2.18. The summed E-state index contributed by atoms with van der Waals surface area (Å²) in [5, 5.41) is 2.98. The van der Waals surface area contributed by atoms with Crippen LogP contribution in [0.3, 0.4) is 0 Å². The molecule has 2 aromatic rings. The second-order valence-corrected chi connectivity index (χ2v) is 5.52. The van der Waals surface area contributed by atoms with E-state index in [0.717, 1.165) is 21.3 Å². The van der Waals surface area contributed by atoms with Crippen molar-refractivity contribution < 1.29 is 4.79 Å². The van der Waals surface area contributed by atoms with E-state index in [1.807, 2.05) is 62.4 Å². The monoisotopic (exact) mass is 317 g/mol. The van der Waals surface area contributed by atoms with Crippen molar-refractivity contribution in [3.63, 3.8) is 0 Å². The molecule has 0 spiro atoms. The number of carbonyl (C=O) groups is 1. The van der Waals surface area contributed by atoms with Gasteiger partial charge in [-0.2, -0.15) is 0 Å². The molecule has 0 aliphatic heterocycles. The summed E-state index contributed by atoms with van der Waals surface area (Å²) in [5.74, 6) is -0.00762. The molecule has 0 radical (unpaired) electrons. The van der Waals surface area contributed by atoms with Gasteiger partial charge in [-0.3, -0.25) is 4.79 Å². The summed E-state index contributed by atoms with van der Waals surface area (Å²) in [6.07, 6.45) is 0. The van der Waals surface area contributed by atoms with E-state index in [0.29, 0.717) is 0 Å². The fourth-order valence-corrected chi connectivity index (χ4v) is 2.28. The quantitative estimate of drug-likeness (QED) is 0.872. The van der Waals surface area contributed by atoms with Gasteiger partial charge in [-0.05, 0) is 17.7 Å². The Bertz CT molecular complexity index is 593. The van der Waals surface area contributed by atoms with Crippen molar-refractivity contribution >= 4 is 27.5 Å². The molecule has 2 rings (SSSR count). The minimum atomic E-state index is -0.0349. The van der Waals surface area contributed by atoms with E-state index < -0.39 is 0 Å². The molecule has 19 heavy (non-hydrogen) atoms. The first-order valence-corrected chi connectivity index (χ1v) is 7.03. The van der Waals surface area contributed by atoms with E-state index in [9.17, 15) is 4.79 Å². The summed E-state index contributed by atoms with van der Waals surface area (Å²) >= 11 is 3.55. The number of carbonyl (C=O) groups excluding carboxylic acids is 1. The third-order valence-corrected chi connectivity index (χ3v) is 3.56. The van der Waals surface area contributed by atoms with Crippen molar-refractivity contribution in [3.8, 4) is 11.1 Å². The molecule has 1 N–H and O–H groups in total. The zero-order valence-electron chi connectivity index (χ0n) is 11.0. The van der Waals surface area contributed by atoms with Crippen molar-refractivity contribution in [3.05, 3.63) is 53.0 Å². The third-order valence-electron chi connectivity index (χ3n) is 2.87. The minimum absolute atomic E-state index is 0.0273. The molecule has 0 bridgehead atoms. The first-order valence-electron chi connectivity index (χ1n) is 6.24. The highest BCUT2D eigenvalue weighted by atomic mass is 79.9. The lowest BCUT2D eigenvalue weighted by molar-refractivity contribution is -0.118. The Balaban J connectivity index is 2.42. The second kappa shape index (κ2) is 6.02. The maximum absolute atomic E-state index is 11.9. The van der Waals surface area contributed by atoms with Gasteiger partial charge in [-0.1, -0.05) is 66.2 Å². The molecule has 0 heterocycles. The molecular formula is C16H16BrNO. The highest BCUT2D eigenvalue weighted by Gasteiger charge is 2.12. The number of nitrogens with one attached hydrogen (secondary N) is 1. The molecule has 2 nitrogen and oxygen atoms in total. The Labute approximate surface area is 122 Å². The summed E-state index contributed by atoms with van der Waals surface area (Å²) in [5.41, 5.74) is 2.93. The van der Waals surface area contributed by atoms with Crippen LogP contribution >= 0.6 is 15.9 Å². The van der Waals surface area contributed by atoms with Crippen LogP contribution in [0.15, 0.2) is 53.0 Å². The molecule has 0 aliphatic carbocycles. The summed E-state index contributed by atoms with van der Waals surface area (Å²) in [7, 11) is 0. The van der Waals surface area contributed by atoms with Crippen molar-refractivity contribution in [2.45, 2.75) is 13.8 Å². The Kier molecular flexibility index (Phi) is 4.38. The molecule has 0 saturated carbocycles. The average molecular weight is 318 g/mol. The lowest BCUT2D eigenvalue weighted by Gasteiger charge is -2.13. The standard InChI is InChI=1S/C16H16BrNO/c1-11(2)16(19)18-15-10-6-4-8-13(15)12-7-3-5-9-14(12)17/h3-11H,1-2H3,(H,18,19). The van der Waals surface area contributed by atoms with Crippen molar-refractivity contribution in [2.24, 2.45) is 5.92 Å². The molecule has 98 valence electrons. The largest absolute Gasteiger partial charge is 0.325 e. The van der Waals surface area contributed by atoms with Crippen molar-refractivity contribution in [1.82, 2.24) is 0 Å². The van der Waals surface area contributed by atoms with E-state index in [4.69, 9.17) is 0 Å². The van der Waals surface area contributed by atoms with Crippen molar-refractivity contribution in [1.29, 1.82) is 0 Å². The van der Waals surface area contributed by atoms with Crippen LogP contribution < -0.4 is 5.32 Å². The van der Waals surface area contributed by atoms with Gasteiger partial charge in [0.05, 0.1) is 0 Å². The lowest BCUT2D eigenvalue weighted by atomic mass is 10.0. The average Bonchev–Trinajstić information content (AvgIpc) is 2.40. The molecule has 0 saturated heterocycles. The molecule has 0 aliphatic rings. The normalized spacial score (nSPS) is 10.5. The Morgan fingerprint density at radius 1 is 1.00 bits per heavy atom. The number of benzene rings is 2. The number of anilines is 1. The van der Waals surface area contributed by atoms with Gasteiger partial charge in [0, 0.05) is 21.6 Å². The van der Waals surface area contributed by atoms with Crippen LogP contribution in [0.25, 0.3) is 11.1 Å². The summed E-state index contributed by atoms with van der Waals surface area (Å²) in [4.78, 5) is 11.9. The van der Waals surface area contributed by atoms with Crippen LogP contribution in [0.2, 0.25) is 0 Å². The van der Waals surface area contributed by atoms with Gasteiger partial charge in [0.15, 0.2) is 0 Å². The first kappa shape index (κ1) is 13.8.